The van der Waals surface area contributed by atoms with Crippen LogP contribution in [-0.4, -0.2) is 16.9 Å². The molecule has 0 radical (unpaired) electrons. The van der Waals surface area contributed by atoms with Crippen molar-refractivity contribution >= 4 is 11.8 Å². The van der Waals surface area contributed by atoms with Crippen molar-refractivity contribution in [1.82, 2.24) is 0 Å². The predicted molar refractivity (Wildman–Crippen MR) is 87.3 cm³/mol. The zero-order chi connectivity index (χ0) is 15.8. The van der Waals surface area contributed by atoms with Crippen molar-refractivity contribution < 1.29 is 14.7 Å². The van der Waals surface area contributed by atoms with Gasteiger partial charge < -0.3 is 5.11 Å². The SMILES string of the molecule is CC/C=C/CC(=O)/C=C/C=C/CCCCCCCC(=O)O. The van der Waals surface area contributed by atoms with Crippen LogP contribution in [0, 0.1) is 0 Å². The fraction of sp³-hybridized carbons (Fsp3) is 0.556. The number of carbonyl (C=O) groups is 2. The van der Waals surface area contributed by atoms with Gasteiger partial charge in [0, 0.05) is 12.8 Å². The quantitative estimate of drug-likeness (QED) is 0.229. The summed E-state index contributed by atoms with van der Waals surface area (Å²) < 4.78 is 0. The van der Waals surface area contributed by atoms with Crippen molar-refractivity contribution in [3.8, 4) is 0 Å². The van der Waals surface area contributed by atoms with Crippen LogP contribution < -0.4 is 0 Å². The summed E-state index contributed by atoms with van der Waals surface area (Å²) in [5, 5.41) is 8.49. The molecule has 0 heterocycles. The van der Waals surface area contributed by atoms with Gasteiger partial charge in [-0.05, 0) is 31.8 Å². The highest BCUT2D eigenvalue weighted by Crippen LogP contribution is 2.07. The molecule has 0 amide bonds. The van der Waals surface area contributed by atoms with E-state index in [-0.39, 0.29) is 12.2 Å². The van der Waals surface area contributed by atoms with Crippen molar-refractivity contribution in [3.63, 3.8) is 0 Å². The van der Waals surface area contributed by atoms with Crippen LogP contribution in [0.4, 0.5) is 0 Å². The van der Waals surface area contributed by atoms with Crippen LogP contribution >= 0.6 is 0 Å². The van der Waals surface area contributed by atoms with E-state index in [4.69, 9.17) is 5.11 Å². The number of aliphatic carboxylic acids is 1. The van der Waals surface area contributed by atoms with Crippen LogP contribution in [0.3, 0.4) is 0 Å². The molecular weight excluding hydrogens is 264 g/mol. The smallest absolute Gasteiger partial charge is 0.303 e. The van der Waals surface area contributed by atoms with Crippen LogP contribution in [0.15, 0.2) is 36.5 Å². The van der Waals surface area contributed by atoms with Gasteiger partial charge in [-0.2, -0.15) is 0 Å². The molecule has 0 aromatic carbocycles. The van der Waals surface area contributed by atoms with Crippen LogP contribution in [0.5, 0.6) is 0 Å². The van der Waals surface area contributed by atoms with E-state index in [2.05, 4.69) is 6.08 Å². The van der Waals surface area contributed by atoms with Crippen molar-refractivity contribution in [3.05, 3.63) is 36.5 Å². The third-order valence-corrected chi connectivity index (χ3v) is 3.01. The summed E-state index contributed by atoms with van der Waals surface area (Å²) in [4.78, 5) is 21.7. The Kier molecular flexibility index (Phi) is 13.6. The molecule has 1 N–H and O–H groups in total. The third-order valence-electron chi connectivity index (χ3n) is 3.01. The first-order valence-corrected chi connectivity index (χ1v) is 7.89. The number of hydrogen-bond donors (Lipinski definition) is 1. The van der Waals surface area contributed by atoms with Gasteiger partial charge in [0.15, 0.2) is 5.78 Å². The van der Waals surface area contributed by atoms with Gasteiger partial charge >= 0.3 is 5.97 Å². The van der Waals surface area contributed by atoms with Crippen molar-refractivity contribution in [2.45, 2.75) is 64.7 Å². The molecule has 0 bridgehead atoms. The van der Waals surface area contributed by atoms with E-state index in [9.17, 15) is 9.59 Å². The number of rotatable bonds is 13. The van der Waals surface area contributed by atoms with E-state index in [0.717, 1.165) is 44.9 Å². The number of unbranched alkanes of at least 4 members (excludes halogenated alkanes) is 5. The predicted octanol–water partition coefficient (Wildman–Crippen LogP) is 4.84. The van der Waals surface area contributed by atoms with Gasteiger partial charge in [0.2, 0.25) is 0 Å². The molecule has 0 fully saturated rings. The summed E-state index contributed by atoms with van der Waals surface area (Å²) in [5.74, 6) is -0.577. The first kappa shape index (κ1) is 19.4. The monoisotopic (exact) mass is 292 g/mol. The summed E-state index contributed by atoms with van der Waals surface area (Å²) in [6.45, 7) is 2.05. The van der Waals surface area contributed by atoms with Crippen LogP contribution in [0.25, 0.3) is 0 Å². The molecule has 3 heteroatoms. The van der Waals surface area contributed by atoms with E-state index in [1.54, 1.807) is 12.2 Å². The Hall–Kier alpha value is -1.64. The Morgan fingerprint density at radius 3 is 2.33 bits per heavy atom. The number of hydrogen-bond acceptors (Lipinski definition) is 2. The van der Waals surface area contributed by atoms with Gasteiger partial charge in [-0.25, -0.2) is 0 Å². The Morgan fingerprint density at radius 1 is 0.905 bits per heavy atom. The molecule has 0 atom stereocenters. The lowest BCUT2D eigenvalue weighted by atomic mass is 10.1. The standard InChI is InChI=1S/C18H28O3/c1-2-3-11-14-17(19)15-12-9-7-5-4-6-8-10-13-16-18(20)21/h3,7,9,11-12,15H,2,4-6,8,10,13-14,16H2,1H3,(H,20,21)/b9-7+,11-3+,15-12+. The molecule has 0 rings (SSSR count). The maximum Gasteiger partial charge on any atom is 0.303 e. The first-order chi connectivity index (χ1) is 10.2. The molecule has 0 aliphatic heterocycles. The van der Waals surface area contributed by atoms with Gasteiger partial charge in [0.05, 0.1) is 0 Å². The van der Waals surface area contributed by atoms with Crippen molar-refractivity contribution in [2.75, 3.05) is 0 Å². The molecule has 0 aromatic rings. The minimum Gasteiger partial charge on any atom is -0.481 e. The first-order valence-electron chi connectivity index (χ1n) is 7.89. The fourth-order valence-electron chi connectivity index (χ4n) is 1.84. The van der Waals surface area contributed by atoms with Crippen LogP contribution in [0.2, 0.25) is 0 Å². The third kappa shape index (κ3) is 16.3. The second kappa shape index (κ2) is 14.8. The molecule has 0 saturated carbocycles. The van der Waals surface area contributed by atoms with Gasteiger partial charge in [0.1, 0.15) is 0 Å². The van der Waals surface area contributed by atoms with E-state index < -0.39 is 5.97 Å². The molecule has 0 aliphatic rings. The lowest BCUT2D eigenvalue weighted by molar-refractivity contribution is -0.137. The molecule has 0 aromatic heterocycles. The summed E-state index contributed by atoms with van der Waals surface area (Å²) in [7, 11) is 0. The van der Waals surface area contributed by atoms with Gasteiger partial charge in [-0.15, -0.1) is 0 Å². The van der Waals surface area contributed by atoms with Crippen molar-refractivity contribution in [1.29, 1.82) is 0 Å². The normalized spacial score (nSPS) is 11.9. The molecule has 0 saturated heterocycles. The zero-order valence-electron chi connectivity index (χ0n) is 13.1. The van der Waals surface area contributed by atoms with Crippen LogP contribution in [-0.2, 0) is 9.59 Å². The average Bonchev–Trinajstić information content (AvgIpc) is 2.44. The molecule has 0 unspecified atom stereocenters. The van der Waals surface area contributed by atoms with E-state index in [1.807, 2.05) is 25.2 Å². The Bertz CT molecular complexity index is 365. The minimum atomic E-state index is -0.704. The number of carbonyl (C=O) groups excluding carboxylic acids is 1. The Labute approximate surface area is 128 Å². The molecule has 0 aliphatic carbocycles. The van der Waals surface area contributed by atoms with Gasteiger partial charge in [-0.1, -0.05) is 56.6 Å². The second-order valence-corrected chi connectivity index (χ2v) is 5.04. The van der Waals surface area contributed by atoms with Gasteiger partial charge in [0.25, 0.3) is 0 Å². The van der Waals surface area contributed by atoms with Gasteiger partial charge in [-0.3, -0.25) is 9.59 Å². The Morgan fingerprint density at radius 2 is 1.62 bits per heavy atom. The van der Waals surface area contributed by atoms with E-state index in [1.165, 1.54) is 0 Å². The lowest BCUT2D eigenvalue weighted by Gasteiger charge is -1.97. The molecule has 118 valence electrons. The zero-order valence-corrected chi connectivity index (χ0v) is 13.1. The van der Waals surface area contributed by atoms with E-state index >= 15 is 0 Å². The Balaban J connectivity index is 3.45. The summed E-state index contributed by atoms with van der Waals surface area (Å²) in [6, 6.07) is 0. The highest BCUT2D eigenvalue weighted by atomic mass is 16.4. The average molecular weight is 292 g/mol. The van der Waals surface area contributed by atoms with Crippen molar-refractivity contribution in [2.24, 2.45) is 0 Å². The number of ketones is 1. The highest BCUT2D eigenvalue weighted by Gasteiger charge is 1.95. The number of allylic oxidation sites excluding steroid dienone is 6. The highest BCUT2D eigenvalue weighted by molar-refractivity contribution is 5.90. The second-order valence-electron chi connectivity index (χ2n) is 5.04. The summed E-state index contributed by atoms with van der Waals surface area (Å²) >= 11 is 0. The fourth-order valence-corrected chi connectivity index (χ4v) is 1.84. The number of carboxylic acids is 1. The molecular formula is C18H28O3. The largest absolute Gasteiger partial charge is 0.481 e. The van der Waals surface area contributed by atoms with Crippen LogP contribution in [0.1, 0.15) is 64.7 Å². The lowest BCUT2D eigenvalue weighted by Crippen LogP contribution is -1.93. The van der Waals surface area contributed by atoms with E-state index in [0.29, 0.717) is 6.42 Å². The molecule has 0 spiro atoms. The molecule has 21 heavy (non-hydrogen) atoms. The summed E-state index contributed by atoms with van der Waals surface area (Å²) in [6.07, 6.45) is 19.2. The maximum atomic E-state index is 11.4. The summed E-state index contributed by atoms with van der Waals surface area (Å²) in [5.41, 5.74) is 0. The molecule has 3 nitrogen and oxygen atoms in total. The minimum absolute atomic E-state index is 0.128. The maximum absolute atomic E-state index is 11.4. The topological polar surface area (TPSA) is 54.4 Å². The number of carboxylic acid groups (broad SMARTS) is 1.